The first kappa shape index (κ1) is 21.1. The molecule has 29 heavy (non-hydrogen) atoms. The molecule has 1 N–H and O–H groups in total. The molecule has 0 aliphatic carbocycles. The Morgan fingerprint density at radius 1 is 1.21 bits per heavy atom. The Morgan fingerprint density at radius 3 is 2.69 bits per heavy atom. The van der Waals surface area contributed by atoms with E-state index in [4.69, 9.17) is 14.5 Å². The molecule has 0 radical (unpaired) electrons. The minimum atomic E-state index is -0.980. The monoisotopic (exact) mass is 457 g/mol. The molecule has 1 heterocycles. The Balaban J connectivity index is 2.08. The summed E-state index contributed by atoms with van der Waals surface area (Å²) in [5, 5.41) is 10.3. The van der Waals surface area contributed by atoms with Gasteiger partial charge in [0.2, 0.25) is 0 Å². The van der Waals surface area contributed by atoms with Gasteiger partial charge in [-0.2, -0.15) is 0 Å². The van der Waals surface area contributed by atoms with E-state index in [-0.39, 0.29) is 5.56 Å². The van der Waals surface area contributed by atoms with E-state index in [0.29, 0.717) is 34.7 Å². The maximum atomic E-state index is 11.8. The molecule has 3 aromatic rings. The summed E-state index contributed by atoms with van der Waals surface area (Å²) in [6, 6.07) is 10.9. The highest BCUT2D eigenvalue weighted by molar-refractivity contribution is 9.10. The number of benzene rings is 2. The molecule has 0 fully saturated rings. The van der Waals surface area contributed by atoms with Crippen molar-refractivity contribution in [1.82, 2.24) is 4.98 Å². The molecule has 0 bridgehead atoms. The second kappa shape index (κ2) is 9.27. The van der Waals surface area contributed by atoms with Gasteiger partial charge in [0.25, 0.3) is 0 Å². The molecule has 2 aromatic carbocycles. The van der Waals surface area contributed by atoms with E-state index in [2.05, 4.69) is 22.9 Å². The molecule has 0 unspecified atom stereocenters. The average molecular weight is 458 g/mol. The quantitative estimate of drug-likeness (QED) is 0.404. The number of para-hydroxylation sites is 1. The fourth-order valence-corrected chi connectivity index (χ4v) is 3.81. The summed E-state index contributed by atoms with van der Waals surface area (Å²) in [6.45, 7) is 4.68. The highest BCUT2D eigenvalue weighted by Gasteiger charge is 2.17. The molecular weight excluding hydrogens is 434 g/mol. The van der Waals surface area contributed by atoms with Gasteiger partial charge in [0.15, 0.2) is 11.5 Å². The minimum Gasteiger partial charge on any atom is -0.493 e. The second-order valence-electron chi connectivity index (χ2n) is 6.88. The average Bonchev–Trinajstić information content (AvgIpc) is 2.71. The Labute approximate surface area is 178 Å². The molecule has 0 aliphatic rings. The zero-order valence-electron chi connectivity index (χ0n) is 16.8. The van der Waals surface area contributed by atoms with Crippen LogP contribution in [0.2, 0.25) is 0 Å². The lowest BCUT2D eigenvalue weighted by Gasteiger charge is -2.15. The molecule has 5 nitrogen and oxygen atoms in total. The van der Waals surface area contributed by atoms with Crippen LogP contribution in [0.3, 0.4) is 0 Å². The Kier molecular flexibility index (Phi) is 6.75. The van der Waals surface area contributed by atoms with Crippen molar-refractivity contribution in [1.29, 1.82) is 0 Å². The maximum absolute atomic E-state index is 11.8. The van der Waals surface area contributed by atoms with E-state index >= 15 is 0 Å². The predicted molar refractivity (Wildman–Crippen MR) is 118 cm³/mol. The summed E-state index contributed by atoms with van der Waals surface area (Å²) in [6.07, 6.45) is 3.21. The number of ether oxygens (including phenoxy) is 2. The summed E-state index contributed by atoms with van der Waals surface area (Å²) < 4.78 is 12.2. The number of fused-ring (bicyclic) bond motifs is 1. The zero-order chi connectivity index (χ0) is 21.0. The number of pyridine rings is 1. The fourth-order valence-electron chi connectivity index (χ4n) is 3.25. The van der Waals surface area contributed by atoms with Crippen molar-refractivity contribution >= 4 is 32.8 Å². The molecule has 0 atom stereocenters. The number of methoxy groups -OCH3 is 1. The van der Waals surface area contributed by atoms with Gasteiger partial charge in [-0.25, -0.2) is 9.78 Å². The minimum absolute atomic E-state index is 0.226. The predicted octanol–water partition coefficient (Wildman–Crippen LogP) is 6.25. The van der Waals surface area contributed by atoms with Gasteiger partial charge < -0.3 is 14.6 Å². The van der Waals surface area contributed by atoms with Crippen molar-refractivity contribution < 1.29 is 19.4 Å². The SMILES string of the molecule is CCCCCOc1c(Br)cc(-c2cc(C(=O)O)c3cccc(C)c3n2)cc1OC. The lowest BCUT2D eigenvalue weighted by molar-refractivity contribution is 0.0699. The van der Waals surface area contributed by atoms with Crippen LogP contribution < -0.4 is 9.47 Å². The number of hydrogen-bond donors (Lipinski definition) is 1. The number of carboxylic acid groups (broad SMARTS) is 1. The van der Waals surface area contributed by atoms with Crippen LogP contribution in [0.5, 0.6) is 11.5 Å². The fraction of sp³-hybridized carbons (Fsp3) is 0.304. The molecule has 0 aliphatic heterocycles. The number of aromatic nitrogens is 1. The van der Waals surface area contributed by atoms with Gasteiger partial charge >= 0.3 is 5.97 Å². The van der Waals surface area contributed by atoms with Gasteiger partial charge in [-0.1, -0.05) is 38.0 Å². The van der Waals surface area contributed by atoms with Crippen LogP contribution in [0.1, 0.15) is 42.1 Å². The van der Waals surface area contributed by atoms with E-state index < -0.39 is 5.97 Å². The van der Waals surface area contributed by atoms with Gasteiger partial charge in [0, 0.05) is 10.9 Å². The number of rotatable bonds is 8. The summed E-state index contributed by atoms with van der Waals surface area (Å²) in [4.78, 5) is 16.6. The number of unbranched alkanes of at least 4 members (excludes halogenated alkanes) is 2. The zero-order valence-corrected chi connectivity index (χ0v) is 18.4. The molecular formula is C23H24BrNO4. The summed E-state index contributed by atoms with van der Waals surface area (Å²) in [5.74, 6) is 0.239. The number of aryl methyl sites for hydroxylation is 1. The Hall–Kier alpha value is -2.60. The Bertz CT molecular complexity index is 1050. The van der Waals surface area contributed by atoms with Crippen molar-refractivity contribution in [3.63, 3.8) is 0 Å². The normalized spacial score (nSPS) is 10.9. The van der Waals surface area contributed by atoms with Gasteiger partial charge in [-0.05, 0) is 53.0 Å². The van der Waals surface area contributed by atoms with E-state index in [1.807, 2.05) is 31.2 Å². The number of aromatic carboxylic acids is 1. The van der Waals surface area contributed by atoms with Crippen LogP contribution in [-0.4, -0.2) is 29.8 Å². The van der Waals surface area contributed by atoms with Crippen LogP contribution in [0.15, 0.2) is 40.9 Å². The number of carbonyl (C=O) groups is 1. The van der Waals surface area contributed by atoms with Gasteiger partial charge in [-0.15, -0.1) is 0 Å². The number of halogens is 1. The molecule has 0 saturated carbocycles. The smallest absolute Gasteiger partial charge is 0.336 e. The van der Waals surface area contributed by atoms with Crippen LogP contribution in [0.4, 0.5) is 0 Å². The maximum Gasteiger partial charge on any atom is 0.336 e. The molecule has 3 rings (SSSR count). The van der Waals surface area contributed by atoms with Crippen molar-refractivity contribution in [2.24, 2.45) is 0 Å². The first-order valence-electron chi connectivity index (χ1n) is 9.60. The highest BCUT2D eigenvalue weighted by Crippen LogP contribution is 2.40. The lowest BCUT2D eigenvalue weighted by Crippen LogP contribution is -2.02. The summed E-state index contributed by atoms with van der Waals surface area (Å²) in [5.41, 5.74) is 3.15. The number of hydrogen-bond acceptors (Lipinski definition) is 4. The van der Waals surface area contributed by atoms with Crippen LogP contribution >= 0.6 is 15.9 Å². The first-order chi connectivity index (χ1) is 14.0. The molecule has 0 amide bonds. The van der Waals surface area contributed by atoms with Crippen molar-refractivity contribution in [3.05, 3.63) is 52.0 Å². The first-order valence-corrected chi connectivity index (χ1v) is 10.4. The van der Waals surface area contributed by atoms with Crippen molar-refractivity contribution in [3.8, 4) is 22.8 Å². The third kappa shape index (κ3) is 4.53. The second-order valence-corrected chi connectivity index (χ2v) is 7.73. The third-order valence-corrected chi connectivity index (χ3v) is 5.38. The van der Waals surface area contributed by atoms with Gasteiger partial charge in [0.05, 0.1) is 35.0 Å². The van der Waals surface area contributed by atoms with Crippen LogP contribution in [0.25, 0.3) is 22.2 Å². The largest absolute Gasteiger partial charge is 0.493 e. The van der Waals surface area contributed by atoms with Crippen molar-refractivity contribution in [2.45, 2.75) is 33.1 Å². The number of carboxylic acids is 1. The molecule has 1 aromatic heterocycles. The molecule has 0 saturated heterocycles. The summed E-state index contributed by atoms with van der Waals surface area (Å²) >= 11 is 3.57. The molecule has 0 spiro atoms. The molecule has 152 valence electrons. The van der Waals surface area contributed by atoms with Crippen LogP contribution in [-0.2, 0) is 0 Å². The van der Waals surface area contributed by atoms with E-state index in [1.54, 1.807) is 19.2 Å². The van der Waals surface area contributed by atoms with Gasteiger partial charge in [-0.3, -0.25) is 0 Å². The van der Waals surface area contributed by atoms with Gasteiger partial charge in [0.1, 0.15) is 0 Å². The standard InChI is InChI=1S/C23H24BrNO4/c1-4-5-6-10-29-22-18(24)11-15(12-20(22)28-3)19-13-17(23(26)27)16-9-7-8-14(2)21(16)25-19/h7-9,11-13H,4-6,10H2,1-3H3,(H,26,27). The van der Waals surface area contributed by atoms with Crippen molar-refractivity contribution in [2.75, 3.05) is 13.7 Å². The highest BCUT2D eigenvalue weighted by atomic mass is 79.9. The van der Waals surface area contributed by atoms with E-state index in [1.165, 1.54) is 0 Å². The Morgan fingerprint density at radius 2 is 2.00 bits per heavy atom. The summed E-state index contributed by atoms with van der Waals surface area (Å²) in [7, 11) is 1.59. The third-order valence-electron chi connectivity index (χ3n) is 4.79. The number of nitrogens with zero attached hydrogens (tertiary/aromatic N) is 1. The lowest BCUT2D eigenvalue weighted by atomic mass is 10.0. The molecule has 6 heteroatoms. The van der Waals surface area contributed by atoms with E-state index in [9.17, 15) is 9.90 Å². The van der Waals surface area contributed by atoms with E-state index in [0.717, 1.165) is 34.9 Å². The van der Waals surface area contributed by atoms with Crippen LogP contribution in [0, 0.1) is 6.92 Å². The topological polar surface area (TPSA) is 68.7 Å².